The van der Waals surface area contributed by atoms with Crippen LogP contribution in [0.3, 0.4) is 0 Å². The van der Waals surface area contributed by atoms with Gasteiger partial charge in [0, 0.05) is 0 Å². The topological polar surface area (TPSA) is 75.7 Å². The summed E-state index contributed by atoms with van der Waals surface area (Å²) < 4.78 is 46.9. The number of carbonyl (C=O) groups is 1. The monoisotopic (exact) mass is 512 g/mol. The summed E-state index contributed by atoms with van der Waals surface area (Å²) in [7, 11) is -2.49. The molecule has 0 spiro atoms. The molecule has 8 heteroatoms. The van der Waals surface area contributed by atoms with E-state index in [0.29, 0.717) is 5.69 Å². The number of aryl methyl sites for hydroxylation is 2. The molecule has 3 rings (SSSR count). The Kier molecular flexibility index (Phi) is 8.40. The third kappa shape index (κ3) is 6.05. The molecule has 0 bridgehead atoms. The molecule has 1 amide bonds. The number of benzene rings is 3. The molecule has 6 nitrogen and oxygen atoms in total. The molecule has 0 aromatic heterocycles. The van der Waals surface area contributed by atoms with Gasteiger partial charge in [-0.25, -0.2) is 12.8 Å². The van der Waals surface area contributed by atoms with Crippen LogP contribution in [0.15, 0.2) is 65.6 Å². The van der Waals surface area contributed by atoms with Crippen LogP contribution in [0.2, 0.25) is 0 Å². The highest BCUT2D eigenvalue weighted by Gasteiger charge is 2.28. The molecule has 0 fully saturated rings. The summed E-state index contributed by atoms with van der Waals surface area (Å²) in [5.41, 5.74) is 4.20. The van der Waals surface area contributed by atoms with Crippen LogP contribution in [-0.4, -0.2) is 28.0 Å². The zero-order valence-corrected chi connectivity index (χ0v) is 22.3. The van der Waals surface area contributed by atoms with Crippen LogP contribution in [0.4, 0.5) is 10.1 Å². The molecule has 192 valence electrons. The normalized spacial score (nSPS) is 12.3. The molecule has 0 aliphatic rings. The van der Waals surface area contributed by atoms with Crippen molar-refractivity contribution in [2.75, 3.05) is 18.0 Å². The first-order valence-corrected chi connectivity index (χ1v) is 13.2. The first-order valence-electron chi connectivity index (χ1n) is 11.8. The van der Waals surface area contributed by atoms with Gasteiger partial charge in [-0.1, -0.05) is 31.5 Å². The smallest absolute Gasteiger partial charge is 0.264 e. The van der Waals surface area contributed by atoms with Crippen molar-refractivity contribution in [3.8, 4) is 5.75 Å². The van der Waals surface area contributed by atoms with Crippen LogP contribution in [0.1, 0.15) is 55.0 Å². The summed E-state index contributed by atoms with van der Waals surface area (Å²) in [6.45, 7) is 9.41. The molecule has 1 N–H and O–H groups in total. The van der Waals surface area contributed by atoms with Gasteiger partial charge in [0.1, 0.15) is 18.1 Å². The number of ether oxygens (including phenoxy) is 1. The first kappa shape index (κ1) is 27.2. The molecule has 0 aliphatic carbocycles. The van der Waals surface area contributed by atoms with Crippen molar-refractivity contribution in [1.29, 1.82) is 0 Å². The van der Waals surface area contributed by atoms with E-state index in [2.05, 4.69) is 19.2 Å². The Morgan fingerprint density at radius 3 is 2.14 bits per heavy atom. The first-order chi connectivity index (χ1) is 16.9. The lowest BCUT2D eigenvalue weighted by Crippen LogP contribution is -2.41. The Hall–Kier alpha value is -3.39. The molecular weight excluding hydrogens is 479 g/mol. The summed E-state index contributed by atoms with van der Waals surface area (Å²) in [5.74, 6) is 0.00825. The summed E-state index contributed by atoms with van der Waals surface area (Å²) in [5, 5.41) is 2.94. The van der Waals surface area contributed by atoms with Crippen molar-refractivity contribution in [1.82, 2.24) is 5.32 Å². The van der Waals surface area contributed by atoms with Gasteiger partial charge in [0.2, 0.25) is 5.91 Å². The molecular formula is C28H33FN2O4S. The van der Waals surface area contributed by atoms with Gasteiger partial charge in [0.15, 0.2) is 0 Å². The summed E-state index contributed by atoms with van der Waals surface area (Å²) in [6, 6.07) is 15.0. The molecule has 36 heavy (non-hydrogen) atoms. The Morgan fingerprint density at radius 1 is 0.972 bits per heavy atom. The predicted octanol–water partition coefficient (Wildman–Crippen LogP) is 5.65. The Balaban J connectivity index is 1.91. The summed E-state index contributed by atoms with van der Waals surface area (Å²) in [4.78, 5) is 13.1. The van der Waals surface area contributed by atoms with Crippen LogP contribution < -0.4 is 14.4 Å². The van der Waals surface area contributed by atoms with E-state index in [1.54, 1.807) is 31.4 Å². The Morgan fingerprint density at radius 2 is 1.58 bits per heavy atom. The fourth-order valence-corrected chi connectivity index (χ4v) is 5.49. The zero-order valence-electron chi connectivity index (χ0n) is 21.5. The van der Waals surface area contributed by atoms with E-state index in [1.807, 2.05) is 32.9 Å². The average Bonchev–Trinajstić information content (AvgIpc) is 2.82. The van der Waals surface area contributed by atoms with Crippen LogP contribution in [0.5, 0.6) is 5.75 Å². The van der Waals surface area contributed by atoms with Crippen molar-refractivity contribution in [3.63, 3.8) is 0 Å². The second-order valence-electron chi connectivity index (χ2n) is 9.20. The fourth-order valence-electron chi connectivity index (χ4n) is 4.07. The number of sulfonamides is 1. The molecule has 1 atom stereocenters. The van der Waals surface area contributed by atoms with Crippen LogP contribution in [0, 0.1) is 19.7 Å². The highest BCUT2D eigenvalue weighted by atomic mass is 32.2. The highest BCUT2D eigenvalue weighted by molar-refractivity contribution is 7.92. The molecule has 3 aromatic carbocycles. The third-order valence-electron chi connectivity index (χ3n) is 6.10. The minimum absolute atomic E-state index is 0.0992. The predicted molar refractivity (Wildman–Crippen MR) is 140 cm³/mol. The minimum Gasteiger partial charge on any atom is -0.496 e. The number of anilines is 1. The van der Waals surface area contributed by atoms with E-state index < -0.39 is 28.3 Å². The number of amides is 1. The van der Waals surface area contributed by atoms with Crippen LogP contribution >= 0.6 is 0 Å². The quantitative estimate of drug-likeness (QED) is 0.402. The van der Waals surface area contributed by atoms with Gasteiger partial charge in [0.25, 0.3) is 10.0 Å². The Bertz CT molecular complexity index is 1320. The number of halogens is 1. The van der Waals surface area contributed by atoms with Crippen molar-refractivity contribution in [2.45, 2.75) is 51.5 Å². The lowest BCUT2D eigenvalue weighted by molar-refractivity contribution is -0.120. The number of hydrogen-bond donors (Lipinski definition) is 1. The largest absolute Gasteiger partial charge is 0.496 e. The number of hydrogen-bond acceptors (Lipinski definition) is 4. The number of methoxy groups -OCH3 is 1. The highest BCUT2D eigenvalue weighted by Crippen LogP contribution is 2.32. The van der Waals surface area contributed by atoms with E-state index >= 15 is 0 Å². The molecule has 0 radical (unpaired) electrons. The van der Waals surface area contributed by atoms with E-state index in [0.717, 1.165) is 44.4 Å². The minimum atomic E-state index is -4.13. The van der Waals surface area contributed by atoms with Crippen molar-refractivity contribution in [3.05, 3.63) is 88.7 Å². The van der Waals surface area contributed by atoms with Crippen LogP contribution in [0.25, 0.3) is 0 Å². The van der Waals surface area contributed by atoms with Crippen molar-refractivity contribution >= 4 is 21.6 Å². The second kappa shape index (κ2) is 11.1. The maximum absolute atomic E-state index is 13.5. The number of nitrogens with one attached hydrogen (secondary N) is 1. The van der Waals surface area contributed by atoms with E-state index in [9.17, 15) is 17.6 Å². The van der Waals surface area contributed by atoms with E-state index in [-0.39, 0.29) is 16.9 Å². The number of nitrogens with zero attached hydrogens (tertiary/aromatic N) is 1. The molecule has 0 saturated heterocycles. The third-order valence-corrected chi connectivity index (χ3v) is 7.88. The summed E-state index contributed by atoms with van der Waals surface area (Å²) in [6.07, 6.45) is 0. The number of carbonyl (C=O) groups excluding carboxylic acids is 1. The van der Waals surface area contributed by atoms with Crippen LogP contribution in [-0.2, 0) is 14.8 Å². The average molecular weight is 513 g/mol. The van der Waals surface area contributed by atoms with Gasteiger partial charge < -0.3 is 10.1 Å². The lowest BCUT2D eigenvalue weighted by Gasteiger charge is -2.26. The van der Waals surface area contributed by atoms with E-state index in [4.69, 9.17) is 4.74 Å². The lowest BCUT2D eigenvalue weighted by atomic mass is 9.93. The molecule has 0 heterocycles. The SMILES string of the molecule is COc1cc(C)c(C(C)NC(=O)CN(c2ccc(C)cc2)S(=O)(=O)c2ccc(F)cc2)cc1C(C)C. The van der Waals surface area contributed by atoms with Gasteiger partial charge >= 0.3 is 0 Å². The molecule has 0 aliphatic heterocycles. The van der Waals surface area contributed by atoms with E-state index in [1.165, 1.54) is 12.1 Å². The fraction of sp³-hybridized carbons (Fsp3) is 0.321. The second-order valence-corrected chi connectivity index (χ2v) is 11.1. The van der Waals surface area contributed by atoms with Gasteiger partial charge in [0.05, 0.1) is 23.7 Å². The summed E-state index contributed by atoms with van der Waals surface area (Å²) >= 11 is 0. The maximum atomic E-state index is 13.5. The maximum Gasteiger partial charge on any atom is 0.264 e. The van der Waals surface area contributed by atoms with Gasteiger partial charge in [-0.05, 0) is 91.9 Å². The molecule has 1 unspecified atom stereocenters. The van der Waals surface area contributed by atoms with Gasteiger partial charge in [-0.15, -0.1) is 0 Å². The molecule has 0 saturated carbocycles. The number of rotatable bonds is 9. The standard InChI is InChI=1S/C28H33FN2O4S/c1-18(2)25-16-26(20(4)15-27(25)35-6)21(5)30-28(32)17-31(23-11-7-19(3)8-12-23)36(33,34)24-13-9-22(29)10-14-24/h7-16,18,21H,17H2,1-6H3,(H,30,32). The Labute approximate surface area is 213 Å². The molecule has 3 aromatic rings. The van der Waals surface area contributed by atoms with Crippen molar-refractivity contribution < 1.29 is 22.3 Å². The van der Waals surface area contributed by atoms with Gasteiger partial charge in [-0.3, -0.25) is 9.10 Å². The van der Waals surface area contributed by atoms with Gasteiger partial charge in [-0.2, -0.15) is 0 Å². The zero-order chi connectivity index (χ0) is 26.6. The van der Waals surface area contributed by atoms with Crippen molar-refractivity contribution in [2.24, 2.45) is 0 Å².